The van der Waals surface area contributed by atoms with Crippen LogP contribution in [0, 0.1) is 0 Å². The molecule has 50 valence electrons. The second-order valence-electron chi connectivity index (χ2n) is 1.46. The summed E-state index contributed by atoms with van der Waals surface area (Å²) in [5.74, 6) is 0. The van der Waals surface area contributed by atoms with E-state index >= 15 is 0 Å². The topological polar surface area (TPSA) is 81.5 Å². The predicted octanol–water partition coefficient (Wildman–Crippen LogP) is -1.76. The SMILES string of the molecule is NC(N)COCCO. The highest BCUT2D eigenvalue weighted by Gasteiger charge is 1.90. The molecule has 0 aliphatic carbocycles. The summed E-state index contributed by atoms with van der Waals surface area (Å²) in [5, 5.41) is 8.17. The Morgan fingerprint density at radius 2 is 2.12 bits per heavy atom. The highest BCUT2D eigenvalue weighted by molar-refractivity contribution is 4.44. The molecule has 0 heterocycles. The van der Waals surface area contributed by atoms with Crippen LogP contribution in [0.2, 0.25) is 0 Å². The molecule has 0 fully saturated rings. The Balaban J connectivity index is 2.72. The Hall–Kier alpha value is -0.160. The Morgan fingerprint density at radius 3 is 2.50 bits per heavy atom. The van der Waals surface area contributed by atoms with Crippen molar-refractivity contribution in [1.29, 1.82) is 0 Å². The normalized spacial score (nSPS) is 10.5. The monoisotopic (exact) mass is 120 g/mol. The van der Waals surface area contributed by atoms with E-state index in [1.165, 1.54) is 0 Å². The molecule has 0 bridgehead atoms. The second kappa shape index (κ2) is 4.99. The maximum Gasteiger partial charge on any atom is 0.0762 e. The maximum atomic E-state index is 8.17. The summed E-state index contributed by atoms with van der Waals surface area (Å²) in [6.07, 6.45) is -0.429. The van der Waals surface area contributed by atoms with E-state index in [1.807, 2.05) is 0 Å². The molecule has 4 heteroatoms. The lowest BCUT2D eigenvalue weighted by molar-refractivity contribution is 0.0841. The lowest BCUT2D eigenvalue weighted by atomic mass is 10.6. The van der Waals surface area contributed by atoms with Gasteiger partial charge in [0.1, 0.15) is 0 Å². The zero-order valence-electron chi connectivity index (χ0n) is 4.71. The van der Waals surface area contributed by atoms with Gasteiger partial charge in [0.15, 0.2) is 0 Å². The molecule has 0 unspecified atom stereocenters. The molecule has 5 N–H and O–H groups in total. The van der Waals surface area contributed by atoms with Crippen molar-refractivity contribution in [3.8, 4) is 0 Å². The van der Waals surface area contributed by atoms with Crippen LogP contribution in [-0.4, -0.2) is 31.1 Å². The summed E-state index contributed by atoms with van der Waals surface area (Å²) in [6.45, 7) is 0.637. The van der Waals surface area contributed by atoms with E-state index in [1.54, 1.807) is 0 Å². The molecule has 0 spiro atoms. The first-order valence-corrected chi connectivity index (χ1v) is 2.47. The molecule has 0 saturated heterocycles. The number of ether oxygens (including phenoxy) is 1. The van der Waals surface area contributed by atoms with Gasteiger partial charge in [0.05, 0.1) is 26.0 Å². The van der Waals surface area contributed by atoms with E-state index in [2.05, 4.69) is 0 Å². The number of hydrogen-bond acceptors (Lipinski definition) is 4. The Kier molecular flexibility index (Phi) is 4.89. The fourth-order valence-electron chi connectivity index (χ4n) is 0.284. The summed E-state index contributed by atoms with van der Waals surface area (Å²) < 4.78 is 4.74. The fourth-order valence-corrected chi connectivity index (χ4v) is 0.284. The van der Waals surface area contributed by atoms with E-state index in [9.17, 15) is 0 Å². The molecule has 0 aliphatic rings. The highest BCUT2D eigenvalue weighted by atomic mass is 16.5. The summed E-state index contributed by atoms with van der Waals surface area (Å²) >= 11 is 0. The Morgan fingerprint density at radius 1 is 1.50 bits per heavy atom. The van der Waals surface area contributed by atoms with E-state index < -0.39 is 6.17 Å². The minimum absolute atomic E-state index is 0.0206. The van der Waals surface area contributed by atoms with Crippen molar-refractivity contribution in [2.75, 3.05) is 19.8 Å². The van der Waals surface area contributed by atoms with Crippen LogP contribution in [0.3, 0.4) is 0 Å². The van der Waals surface area contributed by atoms with Crippen LogP contribution in [-0.2, 0) is 4.74 Å². The molecule has 0 aliphatic heterocycles. The first-order valence-electron chi connectivity index (χ1n) is 2.47. The number of aliphatic hydroxyl groups is 1. The lowest BCUT2D eigenvalue weighted by Crippen LogP contribution is -2.35. The zero-order valence-corrected chi connectivity index (χ0v) is 4.71. The van der Waals surface area contributed by atoms with Gasteiger partial charge in [-0.25, -0.2) is 0 Å². The number of aliphatic hydroxyl groups excluding tert-OH is 1. The maximum absolute atomic E-state index is 8.17. The first kappa shape index (κ1) is 7.84. The van der Waals surface area contributed by atoms with Crippen LogP contribution in [0.4, 0.5) is 0 Å². The summed E-state index contributed by atoms with van der Waals surface area (Å²) in [5.41, 5.74) is 10.2. The van der Waals surface area contributed by atoms with E-state index in [0.717, 1.165) is 0 Å². The number of hydrogen-bond donors (Lipinski definition) is 3. The molecule has 0 aromatic rings. The molecular formula is C4H12N2O2. The van der Waals surface area contributed by atoms with E-state index in [4.69, 9.17) is 21.3 Å². The van der Waals surface area contributed by atoms with Crippen LogP contribution in [0.5, 0.6) is 0 Å². The molecule has 8 heavy (non-hydrogen) atoms. The van der Waals surface area contributed by atoms with Crippen molar-refractivity contribution in [1.82, 2.24) is 0 Å². The van der Waals surface area contributed by atoms with Crippen molar-refractivity contribution in [2.24, 2.45) is 11.5 Å². The second-order valence-corrected chi connectivity index (χ2v) is 1.46. The third-order valence-electron chi connectivity index (χ3n) is 0.546. The van der Waals surface area contributed by atoms with Crippen molar-refractivity contribution in [3.63, 3.8) is 0 Å². The summed E-state index contributed by atoms with van der Waals surface area (Å²) in [6, 6.07) is 0. The van der Waals surface area contributed by atoms with Gasteiger partial charge in [0.25, 0.3) is 0 Å². The smallest absolute Gasteiger partial charge is 0.0762 e. The standard InChI is InChI=1S/C4H12N2O2/c5-4(6)3-8-2-1-7/h4,7H,1-3,5-6H2. The van der Waals surface area contributed by atoms with Gasteiger partial charge >= 0.3 is 0 Å². The van der Waals surface area contributed by atoms with Crippen molar-refractivity contribution < 1.29 is 9.84 Å². The molecule has 0 aromatic carbocycles. The molecule has 0 saturated carbocycles. The van der Waals surface area contributed by atoms with Gasteiger partial charge in [-0.05, 0) is 0 Å². The lowest BCUT2D eigenvalue weighted by Gasteiger charge is -2.03. The molecule has 0 rings (SSSR count). The molecule has 0 radical (unpaired) electrons. The highest BCUT2D eigenvalue weighted by Crippen LogP contribution is 1.71. The Bertz CT molecular complexity index is 49.3. The average Bonchev–Trinajstić information content (AvgIpc) is 1.66. The van der Waals surface area contributed by atoms with Gasteiger partial charge in [0, 0.05) is 0 Å². The summed E-state index contributed by atoms with van der Waals surface area (Å²) in [4.78, 5) is 0. The third kappa shape index (κ3) is 5.84. The number of rotatable bonds is 4. The van der Waals surface area contributed by atoms with Crippen molar-refractivity contribution in [2.45, 2.75) is 6.17 Å². The largest absolute Gasteiger partial charge is 0.394 e. The van der Waals surface area contributed by atoms with E-state index in [-0.39, 0.29) is 6.61 Å². The molecule has 0 aromatic heterocycles. The van der Waals surface area contributed by atoms with Gasteiger partial charge in [-0.15, -0.1) is 0 Å². The minimum Gasteiger partial charge on any atom is -0.394 e. The van der Waals surface area contributed by atoms with Crippen molar-refractivity contribution in [3.05, 3.63) is 0 Å². The quantitative estimate of drug-likeness (QED) is 0.303. The fraction of sp³-hybridized carbons (Fsp3) is 1.00. The average molecular weight is 120 g/mol. The van der Waals surface area contributed by atoms with Gasteiger partial charge in [-0.1, -0.05) is 0 Å². The van der Waals surface area contributed by atoms with Crippen LogP contribution >= 0.6 is 0 Å². The summed E-state index contributed by atoms with van der Waals surface area (Å²) in [7, 11) is 0. The van der Waals surface area contributed by atoms with Gasteiger partial charge in [-0.3, -0.25) is 0 Å². The first-order chi connectivity index (χ1) is 3.77. The van der Waals surface area contributed by atoms with Crippen LogP contribution in [0.15, 0.2) is 0 Å². The van der Waals surface area contributed by atoms with Crippen molar-refractivity contribution >= 4 is 0 Å². The molecule has 0 amide bonds. The zero-order chi connectivity index (χ0) is 6.41. The predicted molar refractivity (Wildman–Crippen MR) is 30.1 cm³/mol. The van der Waals surface area contributed by atoms with Gasteiger partial charge in [0.2, 0.25) is 0 Å². The molecule has 4 nitrogen and oxygen atoms in total. The minimum atomic E-state index is -0.429. The Labute approximate surface area is 48.4 Å². The molecular weight excluding hydrogens is 108 g/mol. The number of nitrogens with two attached hydrogens (primary N) is 2. The van der Waals surface area contributed by atoms with Crippen LogP contribution in [0.25, 0.3) is 0 Å². The van der Waals surface area contributed by atoms with Gasteiger partial charge in [-0.2, -0.15) is 0 Å². The van der Waals surface area contributed by atoms with Gasteiger partial charge < -0.3 is 21.3 Å². The van der Waals surface area contributed by atoms with Crippen LogP contribution < -0.4 is 11.5 Å². The molecule has 0 atom stereocenters. The van der Waals surface area contributed by atoms with E-state index in [0.29, 0.717) is 13.2 Å². The third-order valence-corrected chi connectivity index (χ3v) is 0.546. The van der Waals surface area contributed by atoms with Crippen LogP contribution in [0.1, 0.15) is 0 Å².